The van der Waals surface area contributed by atoms with Crippen LogP contribution in [-0.4, -0.2) is 26.9 Å². The van der Waals surface area contributed by atoms with Gasteiger partial charge in [-0.1, -0.05) is 18.2 Å². The predicted molar refractivity (Wildman–Crippen MR) is 101 cm³/mol. The van der Waals surface area contributed by atoms with Crippen molar-refractivity contribution in [3.63, 3.8) is 0 Å². The second kappa shape index (κ2) is 6.75. The molecule has 1 fully saturated rings. The van der Waals surface area contributed by atoms with Crippen molar-refractivity contribution in [2.75, 3.05) is 6.54 Å². The lowest BCUT2D eigenvalue weighted by Gasteiger charge is -2.25. The Labute approximate surface area is 151 Å². The van der Waals surface area contributed by atoms with Crippen molar-refractivity contribution in [3.05, 3.63) is 76.3 Å². The van der Waals surface area contributed by atoms with Gasteiger partial charge in [0, 0.05) is 29.9 Å². The zero-order valence-electron chi connectivity index (χ0n) is 14.8. The van der Waals surface area contributed by atoms with Gasteiger partial charge >= 0.3 is 0 Å². The summed E-state index contributed by atoms with van der Waals surface area (Å²) in [6, 6.07) is 14.9. The van der Waals surface area contributed by atoms with E-state index in [1.165, 1.54) is 0 Å². The number of likely N-dealkylation sites (tertiary alicyclic amines) is 1. The van der Waals surface area contributed by atoms with Gasteiger partial charge in [0.2, 0.25) is 5.91 Å². The van der Waals surface area contributed by atoms with Gasteiger partial charge in [0.25, 0.3) is 0 Å². The number of fused-ring (bicyclic) bond motifs is 1. The molecule has 0 saturated carbocycles. The summed E-state index contributed by atoms with van der Waals surface area (Å²) in [5.41, 5.74) is 2.55. The van der Waals surface area contributed by atoms with Crippen molar-refractivity contribution in [3.8, 4) is 0 Å². The Kier molecular flexibility index (Phi) is 4.29. The highest BCUT2D eigenvalue weighted by Gasteiger charge is 2.30. The maximum absolute atomic E-state index is 13.1. The number of benzene rings is 1. The molecule has 1 unspecified atom stereocenters. The minimum absolute atomic E-state index is 0.00525. The molecular formula is C21H21N3O2. The highest BCUT2D eigenvalue weighted by Crippen LogP contribution is 2.31. The zero-order valence-corrected chi connectivity index (χ0v) is 14.8. The summed E-state index contributed by atoms with van der Waals surface area (Å²) in [4.78, 5) is 31.7. The zero-order chi connectivity index (χ0) is 18.1. The smallest absolute Gasteiger partial charge is 0.243 e. The van der Waals surface area contributed by atoms with Crippen molar-refractivity contribution in [1.82, 2.24) is 14.5 Å². The first-order chi connectivity index (χ1) is 12.6. The summed E-state index contributed by atoms with van der Waals surface area (Å²) in [5.74, 6) is 0.0649. The highest BCUT2D eigenvalue weighted by atomic mass is 16.2. The maximum atomic E-state index is 13.1. The number of rotatable bonds is 3. The third-order valence-corrected chi connectivity index (χ3v) is 5.12. The molecule has 1 amide bonds. The van der Waals surface area contributed by atoms with Crippen LogP contribution in [-0.2, 0) is 11.3 Å². The van der Waals surface area contributed by atoms with Crippen LogP contribution in [0.5, 0.6) is 0 Å². The molecule has 0 spiro atoms. The van der Waals surface area contributed by atoms with E-state index in [9.17, 15) is 9.59 Å². The molecule has 4 rings (SSSR count). The Morgan fingerprint density at radius 1 is 1.19 bits per heavy atom. The molecule has 3 heterocycles. The number of hydrogen-bond acceptors (Lipinski definition) is 3. The standard InChI is InChI=1S/C21H21N3O2/c1-15-13-20(25)16-7-2-3-9-18(16)24(15)14-21(26)23-12-6-10-19(23)17-8-4-5-11-22-17/h2-5,7-9,11,13,19H,6,10,12,14H2,1H3. The summed E-state index contributed by atoms with van der Waals surface area (Å²) in [5, 5.41) is 0.647. The van der Waals surface area contributed by atoms with Gasteiger partial charge < -0.3 is 9.47 Å². The number of para-hydroxylation sites is 1. The molecule has 0 aliphatic carbocycles. The number of carbonyl (C=O) groups excluding carboxylic acids is 1. The van der Waals surface area contributed by atoms with Gasteiger partial charge in [-0.05, 0) is 44.0 Å². The van der Waals surface area contributed by atoms with Crippen LogP contribution in [0.1, 0.15) is 30.3 Å². The summed E-state index contributed by atoms with van der Waals surface area (Å²) in [6.45, 7) is 2.86. The largest absolute Gasteiger partial charge is 0.335 e. The summed E-state index contributed by atoms with van der Waals surface area (Å²) in [7, 11) is 0. The maximum Gasteiger partial charge on any atom is 0.243 e. The number of pyridine rings is 2. The Hall–Kier alpha value is -2.95. The number of amides is 1. The van der Waals surface area contributed by atoms with Crippen molar-refractivity contribution in [2.24, 2.45) is 0 Å². The Morgan fingerprint density at radius 2 is 2.00 bits per heavy atom. The first-order valence-electron chi connectivity index (χ1n) is 8.95. The van der Waals surface area contributed by atoms with E-state index in [1.807, 2.05) is 58.9 Å². The molecule has 1 atom stereocenters. The minimum Gasteiger partial charge on any atom is -0.335 e. The number of nitrogens with zero attached hydrogens (tertiary/aromatic N) is 3. The van der Waals surface area contributed by atoms with Crippen LogP contribution in [0, 0.1) is 6.92 Å². The first kappa shape index (κ1) is 16.5. The summed E-state index contributed by atoms with van der Waals surface area (Å²) >= 11 is 0. The van der Waals surface area contributed by atoms with Gasteiger partial charge in [0.05, 0.1) is 17.3 Å². The van der Waals surface area contributed by atoms with E-state index in [1.54, 1.807) is 12.3 Å². The van der Waals surface area contributed by atoms with Gasteiger partial charge in [0.1, 0.15) is 6.54 Å². The van der Waals surface area contributed by atoms with Crippen LogP contribution in [0.2, 0.25) is 0 Å². The number of hydrogen-bond donors (Lipinski definition) is 0. The molecule has 26 heavy (non-hydrogen) atoms. The van der Waals surface area contributed by atoms with Crippen molar-refractivity contribution < 1.29 is 4.79 Å². The summed E-state index contributed by atoms with van der Waals surface area (Å²) < 4.78 is 1.94. The fraction of sp³-hybridized carbons (Fsp3) is 0.286. The molecule has 1 saturated heterocycles. The minimum atomic E-state index is -0.00525. The fourth-order valence-corrected chi connectivity index (χ4v) is 3.83. The number of aryl methyl sites for hydroxylation is 1. The number of carbonyl (C=O) groups is 1. The first-order valence-corrected chi connectivity index (χ1v) is 8.95. The second-order valence-corrected chi connectivity index (χ2v) is 6.75. The highest BCUT2D eigenvalue weighted by molar-refractivity contribution is 5.83. The van der Waals surface area contributed by atoms with Crippen LogP contribution in [0.4, 0.5) is 0 Å². The van der Waals surface area contributed by atoms with E-state index in [4.69, 9.17) is 0 Å². The van der Waals surface area contributed by atoms with Crippen LogP contribution in [0.15, 0.2) is 59.5 Å². The third-order valence-electron chi connectivity index (χ3n) is 5.12. The van der Waals surface area contributed by atoms with E-state index in [0.29, 0.717) is 5.39 Å². The van der Waals surface area contributed by atoms with Crippen molar-refractivity contribution in [1.29, 1.82) is 0 Å². The monoisotopic (exact) mass is 347 g/mol. The predicted octanol–water partition coefficient (Wildman–Crippen LogP) is 3.07. The van der Waals surface area contributed by atoms with Crippen LogP contribution >= 0.6 is 0 Å². The van der Waals surface area contributed by atoms with Gasteiger partial charge in [0.15, 0.2) is 5.43 Å². The molecule has 0 radical (unpaired) electrons. The molecule has 0 bridgehead atoms. The van der Waals surface area contributed by atoms with Gasteiger partial charge in [-0.15, -0.1) is 0 Å². The lowest BCUT2D eigenvalue weighted by Crippen LogP contribution is -2.34. The molecular weight excluding hydrogens is 326 g/mol. The van der Waals surface area contributed by atoms with Gasteiger partial charge in [-0.2, -0.15) is 0 Å². The lowest BCUT2D eigenvalue weighted by atomic mass is 10.1. The van der Waals surface area contributed by atoms with E-state index in [2.05, 4.69) is 4.98 Å². The molecule has 132 valence electrons. The molecule has 2 aromatic heterocycles. The van der Waals surface area contributed by atoms with Gasteiger partial charge in [-0.25, -0.2) is 0 Å². The second-order valence-electron chi connectivity index (χ2n) is 6.75. The van der Waals surface area contributed by atoms with E-state index >= 15 is 0 Å². The summed E-state index contributed by atoms with van der Waals surface area (Å²) in [6.07, 6.45) is 3.69. The average molecular weight is 347 g/mol. The third kappa shape index (κ3) is 2.90. The van der Waals surface area contributed by atoms with Crippen LogP contribution < -0.4 is 5.43 Å². The normalized spacial score (nSPS) is 17.0. The molecule has 0 N–H and O–H groups in total. The molecule has 3 aromatic rings. The van der Waals surface area contributed by atoms with Crippen LogP contribution in [0.3, 0.4) is 0 Å². The van der Waals surface area contributed by atoms with E-state index < -0.39 is 0 Å². The SMILES string of the molecule is Cc1cc(=O)c2ccccc2n1CC(=O)N1CCCC1c1ccccn1. The number of aromatic nitrogens is 2. The average Bonchev–Trinajstić information content (AvgIpc) is 3.16. The topological polar surface area (TPSA) is 55.2 Å². The lowest BCUT2D eigenvalue weighted by molar-refractivity contribution is -0.132. The van der Waals surface area contributed by atoms with Crippen molar-refractivity contribution in [2.45, 2.75) is 32.4 Å². The Bertz CT molecular complexity index is 1010. The van der Waals surface area contributed by atoms with Crippen LogP contribution in [0.25, 0.3) is 10.9 Å². The van der Waals surface area contributed by atoms with E-state index in [0.717, 1.165) is 36.3 Å². The quantitative estimate of drug-likeness (QED) is 0.732. The Morgan fingerprint density at radius 3 is 2.81 bits per heavy atom. The van der Waals surface area contributed by atoms with E-state index in [-0.39, 0.29) is 23.9 Å². The molecule has 1 aliphatic rings. The Balaban J connectivity index is 1.67. The molecule has 5 nitrogen and oxygen atoms in total. The van der Waals surface area contributed by atoms with Crippen molar-refractivity contribution >= 4 is 16.8 Å². The molecule has 1 aromatic carbocycles. The molecule has 5 heteroatoms. The fourth-order valence-electron chi connectivity index (χ4n) is 3.83. The molecule has 1 aliphatic heterocycles. The van der Waals surface area contributed by atoms with Gasteiger partial charge in [-0.3, -0.25) is 14.6 Å².